The van der Waals surface area contributed by atoms with Gasteiger partial charge in [0.05, 0.1) is 12.7 Å². The van der Waals surface area contributed by atoms with Gasteiger partial charge in [0.15, 0.2) is 0 Å². The minimum Gasteiger partial charge on any atom is -0.491 e. The highest BCUT2D eigenvalue weighted by Crippen LogP contribution is 2.09. The Hall–Kier alpha value is -1.99. The number of nitrogens with zero attached hydrogens (tertiary/aromatic N) is 1. The zero-order valence-electron chi connectivity index (χ0n) is 9.09. The van der Waals surface area contributed by atoms with Crippen LogP contribution >= 0.6 is 0 Å². The van der Waals surface area contributed by atoms with Crippen molar-refractivity contribution in [1.82, 2.24) is 4.98 Å². The summed E-state index contributed by atoms with van der Waals surface area (Å²) in [6, 6.07) is 2.92. The largest absolute Gasteiger partial charge is 0.491 e. The Morgan fingerprint density at radius 1 is 1.29 bits per heavy atom. The average Bonchev–Trinajstić information content (AvgIpc) is 2.36. The van der Waals surface area contributed by atoms with Gasteiger partial charge >= 0.3 is 11.9 Å². The van der Waals surface area contributed by atoms with E-state index in [4.69, 9.17) is 16.2 Å². The minimum absolute atomic E-state index is 0.00639. The predicted molar refractivity (Wildman–Crippen MR) is 58.3 cm³/mol. The van der Waals surface area contributed by atoms with E-state index in [9.17, 15) is 9.59 Å². The van der Waals surface area contributed by atoms with Crippen molar-refractivity contribution >= 4 is 11.9 Å². The lowest BCUT2D eigenvalue weighted by Gasteiger charge is -2.04. The molecule has 7 heteroatoms. The molecule has 4 N–H and O–H groups in total. The molecule has 92 valence electrons. The first kappa shape index (κ1) is 13.1. The van der Waals surface area contributed by atoms with Crippen molar-refractivity contribution in [2.45, 2.75) is 0 Å². The molecular weight excluding hydrogens is 226 g/mol. The van der Waals surface area contributed by atoms with Crippen LogP contribution in [0.5, 0.6) is 5.75 Å². The van der Waals surface area contributed by atoms with Gasteiger partial charge < -0.3 is 20.9 Å². The summed E-state index contributed by atoms with van der Waals surface area (Å²) in [5, 5.41) is 0. The maximum absolute atomic E-state index is 11.3. The highest BCUT2D eigenvalue weighted by Gasteiger charge is 2.12. The standard InChI is InChI=1S/C10H13N3O4/c11-3-4-16-7-1-2-8(13-6-7)10(15)17-9(14)5-12/h1-2,6H,3-5,11-12H2. The maximum Gasteiger partial charge on any atom is 0.364 e. The number of hydrogen-bond acceptors (Lipinski definition) is 7. The number of carbonyl (C=O) groups excluding carboxylic acids is 2. The highest BCUT2D eigenvalue weighted by atomic mass is 16.6. The maximum atomic E-state index is 11.3. The summed E-state index contributed by atoms with van der Waals surface area (Å²) in [6.45, 7) is 0.384. The molecule has 0 aliphatic rings. The Morgan fingerprint density at radius 2 is 2.06 bits per heavy atom. The van der Waals surface area contributed by atoms with Gasteiger partial charge in [0.1, 0.15) is 18.1 Å². The van der Waals surface area contributed by atoms with Crippen molar-refractivity contribution in [3.8, 4) is 5.75 Å². The van der Waals surface area contributed by atoms with Gasteiger partial charge in [0, 0.05) is 6.54 Å². The van der Waals surface area contributed by atoms with Gasteiger partial charge in [-0.2, -0.15) is 0 Å². The van der Waals surface area contributed by atoms with E-state index in [1.165, 1.54) is 18.3 Å². The zero-order chi connectivity index (χ0) is 12.7. The van der Waals surface area contributed by atoms with Crippen LogP contribution in [0.25, 0.3) is 0 Å². The second-order valence-electron chi connectivity index (χ2n) is 2.98. The van der Waals surface area contributed by atoms with Crippen LogP contribution in [0, 0.1) is 0 Å². The molecule has 0 aromatic carbocycles. The van der Waals surface area contributed by atoms with Crippen LogP contribution in [0.15, 0.2) is 18.3 Å². The number of carbonyl (C=O) groups is 2. The normalized spacial score (nSPS) is 9.76. The molecule has 0 saturated carbocycles. The second kappa shape index (κ2) is 6.56. The van der Waals surface area contributed by atoms with Crippen LogP contribution in [0.4, 0.5) is 0 Å². The number of nitrogens with two attached hydrogens (primary N) is 2. The van der Waals surface area contributed by atoms with Gasteiger partial charge in [-0.15, -0.1) is 0 Å². The summed E-state index contributed by atoms with van der Waals surface area (Å²) in [6.07, 6.45) is 1.35. The molecule has 0 bridgehead atoms. The smallest absolute Gasteiger partial charge is 0.364 e. The molecule has 1 aromatic rings. The van der Waals surface area contributed by atoms with Crippen molar-refractivity contribution in [2.24, 2.45) is 11.5 Å². The summed E-state index contributed by atoms with van der Waals surface area (Å²) >= 11 is 0. The lowest BCUT2D eigenvalue weighted by atomic mass is 10.3. The molecule has 0 radical (unpaired) electrons. The van der Waals surface area contributed by atoms with Crippen LogP contribution in [0.2, 0.25) is 0 Å². The van der Waals surface area contributed by atoms with E-state index < -0.39 is 11.9 Å². The second-order valence-corrected chi connectivity index (χ2v) is 2.98. The topological polar surface area (TPSA) is 118 Å². The van der Waals surface area contributed by atoms with Crippen LogP contribution in [0.1, 0.15) is 10.5 Å². The third-order valence-electron chi connectivity index (χ3n) is 1.71. The Bertz CT molecular complexity index is 391. The van der Waals surface area contributed by atoms with Gasteiger partial charge in [-0.25, -0.2) is 9.78 Å². The summed E-state index contributed by atoms with van der Waals surface area (Å²) in [7, 11) is 0. The van der Waals surface area contributed by atoms with Crippen LogP contribution in [-0.4, -0.2) is 36.6 Å². The molecule has 1 rings (SSSR count). The van der Waals surface area contributed by atoms with Crippen LogP contribution < -0.4 is 16.2 Å². The number of pyridine rings is 1. The van der Waals surface area contributed by atoms with Gasteiger partial charge in [0.25, 0.3) is 0 Å². The summed E-state index contributed by atoms with van der Waals surface area (Å²) < 4.78 is 9.55. The molecule has 0 atom stereocenters. The number of esters is 2. The zero-order valence-corrected chi connectivity index (χ0v) is 9.09. The summed E-state index contributed by atoms with van der Waals surface area (Å²) in [4.78, 5) is 25.9. The van der Waals surface area contributed by atoms with Crippen LogP contribution in [-0.2, 0) is 9.53 Å². The Labute approximate surface area is 97.7 Å². The Morgan fingerprint density at radius 3 is 2.59 bits per heavy atom. The fraction of sp³-hybridized carbons (Fsp3) is 0.300. The molecule has 0 aliphatic heterocycles. The molecule has 0 amide bonds. The highest BCUT2D eigenvalue weighted by molar-refractivity contribution is 5.95. The minimum atomic E-state index is -0.842. The van der Waals surface area contributed by atoms with Gasteiger partial charge in [-0.1, -0.05) is 0 Å². The first-order chi connectivity index (χ1) is 8.17. The van der Waals surface area contributed by atoms with E-state index >= 15 is 0 Å². The van der Waals surface area contributed by atoms with Gasteiger partial charge in [-0.3, -0.25) is 4.79 Å². The number of hydrogen-bond donors (Lipinski definition) is 2. The Balaban J connectivity index is 2.60. The molecule has 0 spiro atoms. The molecule has 0 unspecified atom stereocenters. The molecule has 1 heterocycles. The van der Waals surface area contributed by atoms with Crippen molar-refractivity contribution in [3.63, 3.8) is 0 Å². The first-order valence-corrected chi connectivity index (χ1v) is 4.91. The lowest BCUT2D eigenvalue weighted by Crippen LogP contribution is -2.21. The van der Waals surface area contributed by atoms with Crippen LogP contribution in [0.3, 0.4) is 0 Å². The Kier molecular flexibility index (Phi) is 5.05. The average molecular weight is 239 g/mol. The lowest BCUT2D eigenvalue weighted by molar-refractivity contribution is -0.136. The third kappa shape index (κ3) is 4.17. The molecule has 7 nitrogen and oxygen atoms in total. The SMILES string of the molecule is NCCOc1ccc(C(=O)OC(=O)CN)nc1. The summed E-state index contributed by atoms with van der Waals surface area (Å²) in [5.41, 5.74) is 10.3. The fourth-order valence-electron chi connectivity index (χ4n) is 0.961. The molecule has 0 saturated heterocycles. The molecule has 17 heavy (non-hydrogen) atoms. The van der Waals surface area contributed by atoms with E-state index in [1.54, 1.807) is 0 Å². The molecule has 0 aliphatic carbocycles. The van der Waals surface area contributed by atoms with E-state index in [0.717, 1.165) is 0 Å². The van der Waals surface area contributed by atoms with E-state index in [0.29, 0.717) is 18.9 Å². The molecule has 0 fully saturated rings. The molecular formula is C10H13N3O4. The van der Waals surface area contributed by atoms with Crippen molar-refractivity contribution < 1.29 is 19.1 Å². The van der Waals surface area contributed by atoms with E-state index in [-0.39, 0.29) is 12.2 Å². The van der Waals surface area contributed by atoms with Crippen molar-refractivity contribution in [1.29, 1.82) is 0 Å². The monoisotopic (exact) mass is 239 g/mol. The van der Waals surface area contributed by atoms with Gasteiger partial charge in [-0.05, 0) is 12.1 Å². The van der Waals surface area contributed by atoms with Gasteiger partial charge in [0.2, 0.25) is 0 Å². The fourth-order valence-corrected chi connectivity index (χ4v) is 0.961. The predicted octanol–water partition coefficient (Wildman–Crippen LogP) is -0.939. The van der Waals surface area contributed by atoms with E-state index in [2.05, 4.69) is 9.72 Å². The van der Waals surface area contributed by atoms with E-state index in [1.807, 2.05) is 0 Å². The summed E-state index contributed by atoms with van der Waals surface area (Å²) in [5.74, 6) is -1.16. The third-order valence-corrected chi connectivity index (χ3v) is 1.71. The quantitative estimate of drug-likeness (QED) is 0.503. The number of rotatable bonds is 5. The first-order valence-electron chi connectivity index (χ1n) is 4.91. The van der Waals surface area contributed by atoms with Crippen molar-refractivity contribution in [3.05, 3.63) is 24.0 Å². The van der Waals surface area contributed by atoms with Crippen molar-refractivity contribution in [2.75, 3.05) is 19.7 Å². The number of ether oxygens (including phenoxy) is 2. The number of aromatic nitrogens is 1. The molecule has 1 aromatic heterocycles.